The van der Waals surface area contributed by atoms with Crippen LogP contribution in [0.1, 0.15) is 38.5 Å². The standard InChI is InChI=1S/C10H17/c1-10-8-6-4-2-3-5-7-9-10/h4,6,10H,1-3,5,7-9H2/b6-4-. The van der Waals surface area contributed by atoms with Crippen molar-refractivity contribution < 1.29 is 0 Å². The lowest BCUT2D eigenvalue weighted by Crippen LogP contribution is -1.91. The van der Waals surface area contributed by atoms with Gasteiger partial charge >= 0.3 is 0 Å². The zero-order chi connectivity index (χ0) is 7.23. The molecule has 0 fully saturated rings. The molecule has 1 radical (unpaired) electrons. The second-order valence-corrected chi connectivity index (χ2v) is 3.21. The molecule has 1 aliphatic rings. The van der Waals surface area contributed by atoms with E-state index in [4.69, 9.17) is 0 Å². The van der Waals surface area contributed by atoms with Gasteiger partial charge in [0.05, 0.1) is 0 Å². The van der Waals surface area contributed by atoms with Gasteiger partial charge < -0.3 is 0 Å². The molecule has 0 aromatic carbocycles. The van der Waals surface area contributed by atoms with Gasteiger partial charge in [-0.25, -0.2) is 0 Å². The zero-order valence-electron chi connectivity index (χ0n) is 6.68. The summed E-state index contributed by atoms with van der Waals surface area (Å²) in [5.74, 6) is 0.675. The van der Waals surface area contributed by atoms with E-state index in [-0.39, 0.29) is 0 Å². The number of rotatable bonds is 0. The molecule has 0 N–H and O–H groups in total. The van der Waals surface area contributed by atoms with E-state index in [9.17, 15) is 0 Å². The first-order chi connectivity index (χ1) is 4.89. The van der Waals surface area contributed by atoms with Crippen LogP contribution in [0, 0.1) is 12.8 Å². The van der Waals surface area contributed by atoms with Crippen molar-refractivity contribution in [2.24, 2.45) is 5.92 Å². The summed E-state index contributed by atoms with van der Waals surface area (Å²) in [4.78, 5) is 0. The molecule has 0 heterocycles. The van der Waals surface area contributed by atoms with Gasteiger partial charge in [0.1, 0.15) is 0 Å². The first-order valence-electron chi connectivity index (χ1n) is 4.37. The Morgan fingerprint density at radius 2 is 2.00 bits per heavy atom. The molecular formula is C10H17. The second kappa shape index (κ2) is 4.54. The first-order valence-corrected chi connectivity index (χ1v) is 4.37. The van der Waals surface area contributed by atoms with Crippen LogP contribution in [0.15, 0.2) is 12.2 Å². The van der Waals surface area contributed by atoms with E-state index in [1.807, 2.05) is 0 Å². The molecule has 1 aliphatic carbocycles. The van der Waals surface area contributed by atoms with Gasteiger partial charge in [0, 0.05) is 0 Å². The Balaban J connectivity index is 2.26. The minimum atomic E-state index is 0.675. The van der Waals surface area contributed by atoms with Gasteiger partial charge in [-0.15, -0.1) is 0 Å². The van der Waals surface area contributed by atoms with Crippen molar-refractivity contribution in [3.63, 3.8) is 0 Å². The summed E-state index contributed by atoms with van der Waals surface area (Å²) in [6, 6.07) is 0. The van der Waals surface area contributed by atoms with Crippen LogP contribution < -0.4 is 0 Å². The molecular weight excluding hydrogens is 120 g/mol. The lowest BCUT2D eigenvalue weighted by Gasteiger charge is -2.05. The molecule has 1 atom stereocenters. The molecule has 0 spiro atoms. The molecule has 10 heavy (non-hydrogen) atoms. The lowest BCUT2D eigenvalue weighted by molar-refractivity contribution is 0.543. The second-order valence-electron chi connectivity index (χ2n) is 3.21. The summed E-state index contributed by atoms with van der Waals surface area (Å²) < 4.78 is 0. The molecule has 0 amide bonds. The molecule has 0 saturated heterocycles. The number of hydrogen-bond donors (Lipinski definition) is 0. The van der Waals surface area contributed by atoms with E-state index < -0.39 is 0 Å². The van der Waals surface area contributed by atoms with Crippen molar-refractivity contribution in [3.8, 4) is 0 Å². The number of hydrogen-bond acceptors (Lipinski definition) is 0. The molecule has 0 aromatic rings. The van der Waals surface area contributed by atoms with Crippen molar-refractivity contribution in [2.75, 3.05) is 0 Å². The van der Waals surface area contributed by atoms with E-state index in [0.29, 0.717) is 5.92 Å². The van der Waals surface area contributed by atoms with E-state index in [2.05, 4.69) is 19.1 Å². The van der Waals surface area contributed by atoms with Crippen LogP contribution in [0.3, 0.4) is 0 Å². The normalized spacial score (nSPS) is 31.9. The predicted molar refractivity (Wildman–Crippen MR) is 45.7 cm³/mol. The zero-order valence-corrected chi connectivity index (χ0v) is 6.68. The maximum absolute atomic E-state index is 4.09. The molecule has 1 rings (SSSR count). The van der Waals surface area contributed by atoms with Crippen molar-refractivity contribution in [1.29, 1.82) is 0 Å². The van der Waals surface area contributed by atoms with Crippen LogP contribution in [0.4, 0.5) is 0 Å². The summed E-state index contributed by atoms with van der Waals surface area (Å²) in [6.45, 7) is 4.09. The highest BCUT2D eigenvalue weighted by Gasteiger charge is 2.00. The Morgan fingerprint density at radius 1 is 1.10 bits per heavy atom. The quantitative estimate of drug-likeness (QED) is 0.449. The summed E-state index contributed by atoms with van der Waals surface area (Å²) in [7, 11) is 0. The summed E-state index contributed by atoms with van der Waals surface area (Å²) in [5.41, 5.74) is 0. The van der Waals surface area contributed by atoms with Gasteiger partial charge in [-0.3, -0.25) is 0 Å². The lowest BCUT2D eigenvalue weighted by atomic mass is 10.0. The van der Waals surface area contributed by atoms with Crippen molar-refractivity contribution in [1.82, 2.24) is 0 Å². The van der Waals surface area contributed by atoms with Gasteiger partial charge in [0.15, 0.2) is 0 Å². The van der Waals surface area contributed by atoms with Crippen LogP contribution in [-0.2, 0) is 0 Å². The Kier molecular flexibility index (Phi) is 3.56. The molecule has 0 aliphatic heterocycles. The Morgan fingerprint density at radius 3 is 2.90 bits per heavy atom. The molecule has 0 aromatic heterocycles. The Labute approximate surface area is 64.3 Å². The molecule has 57 valence electrons. The fraction of sp³-hybridized carbons (Fsp3) is 0.700. The summed E-state index contributed by atoms with van der Waals surface area (Å²) in [5, 5.41) is 0. The van der Waals surface area contributed by atoms with Crippen molar-refractivity contribution in [3.05, 3.63) is 19.1 Å². The van der Waals surface area contributed by atoms with E-state index in [1.54, 1.807) is 0 Å². The van der Waals surface area contributed by atoms with Crippen molar-refractivity contribution >= 4 is 0 Å². The van der Waals surface area contributed by atoms with E-state index >= 15 is 0 Å². The third-order valence-electron chi connectivity index (χ3n) is 2.12. The maximum Gasteiger partial charge on any atom is -0.0322 e. The molecule has 0 saturated carbocycles. The molecule has 0 heteroatoms. The summed E-state index contributed by atoms with van der Waals surface area (Å²) >= 11 is 0. The fourth-order valence-corrected chi connectivity index (χ4v) is 1.40. The fourth-order valence-electron chi connectivity index (χ4n) is 1.40. The average molecular weight is 137 g/mol. The Hall–Kier alpha value is -0.260. The highest BCUT2D eigenvalue weighted by molar-refractivity contribution is 4.85. The SMILES string of the molecule is [CH2]C1C/C=C\CCCCC1. The molecule has 0 bridgehead atoms. The molecule has 0 nitrogen and oxygen atoms in total. The third kappa shape index (κ3) is 3.05. The monoisotopic (exact) mass is 137 g/mol. The van der Waals surface area contributed by atoms with Gasteiger partial charge in [0.2, 0.25) is 0 Å². The van der Waals surface area contributed by atoms with Crippen LogP contribution in [-0.4, -0.2) is 0 Å². The van der Waals surface area contributed by atoms with Crippen molar-refractivity contribution in [2.45, 2.75) is 38.5 Å². The van der Waals surface area contributed by atoms with Gasteiger partial charge in [-0.1, -0.05) is 31.4 Å². The smallest absolute Gasteiger partial charge is 0.0322 e. The van der Waals surface area contributed by atoms with Gasteiger partial charge in [0.25, 0.3) is 0 Å². The van der Waals surface area contributed by atoms with Crippen LogP contribution >= 0.6 is 0 Å². The maximum atomic E-state index is 4.09. The third-order valence-corrected chi connectivity index (χ3v) is 2.12. The minimum Gasteiger partial charge on any atom is -0.0885 e. The van der Waals surface area contributed by atoms with Gasteiger partial charge in [-0.2, -0.15) is 0 Å². The van der Waals surface area contributed by atoms with E-state index in [0.717, 1.165) is 0 Å². The highest BCUT2D eigenvalue weighted by atomic mass is 14.1. The first kappa shape index (κ1) is 7.84. The summed E-state index contributed by atoms with van der Waals surface area (Å²) in [6.07, 6.45) is 12.6. The predicted octanol–water partition coefficient (Wildman–Crippen LogP) is 3.35. The minimum absolute atomic E-state index is 0.675. The molecule has 1 unspecified atom stereocenters. The van der Waals surface area contributed by atoms with E-state index in [1.165, 1.54) is 38.5 Å². The number of allylic oxidation sites excluding steroid dienone is 2. The Bertz CT molecular complexity index is 103. The largest absolute Gasteiger partial charge is 0.0885 e. The van der Waals surface area contributed by atoms with Crippen LogP contribution in [0.25, 0.3) is 0 Å². The highest BCUT2D eigenvalue weighted by Crippen LogP contribution is 2.16. The van der Waals surface area contributed by atoms with Crippen LogP contribution in [0.5, 0.6) is 0 Å². The topological polar surface area (TPSA) is 0 Å². The van der Waals surface area contributed by atoms with Gasteiger partial charge in [-0.05, 0) is 32.1 Å². The van der Waals surface area contributed by atoms with Crippen LogP contribution in [0.2, 0.25) is 0 Å². The average Bonchev–Trinajstić information content (AvgIpc) is 2.02.